The van der Waals surface area contributed by atoms with Crippen LogP contribution in [-0.2, 0) is 19.3 Å². The van der Waals surface area contributed by atoms with Crippen molar-refractivity contribution in [2.24, 2.45) is 11.8 Å². The van der Waals surface area contributed by atoms with Gasteiger partial charge in [0.05, 0.1) is 22.2 Å². The molecule has 0 aromatic carbocycles. The molecule has 0 unspecified atom stereocenters. The predicted molar refractivity (Wildman–Crippen MR) is 146 cm³/mol. The van der Waals surface area contributed by atoms with Gasteiger partial charge in [0.1, 0.15) is 0 Å². The summed E-state index contributed by atoms with van der Waals surface area (Å²) >= 11 is 0. The third-order valence-electron chi connectivity index (χ3n) is 7.99. The summed E-state index contributed by atoms with van der Waals surface area (Å²) in [5.41, 5.74) is -0.572. The molecule has 2 aliphatic heterocycles. The first kappa shape index (κ1) is 31.1. The van der Waals surface area contributed by atoms with Gasteiger partial charge in [0.2, 0.25) is 0 Å². The van der Waals surface area contributed by atoms with E-state index in [4.69, 9.17) is 9.68 Å². The summed E-state index contributed by atoms with van der Waals surface area (Å²) in [5.74, 6) is 1.01. The van der Waals surface area contributed by atoms with Crippen LogP contribution in [0.2, 0.25) is 0 Å². The fourth-order valence-corrected chi connectivity index (χ4v) is 7.56. The molecule has 0 spiro atoms. The van der Waals surface area contributed by atoms with Crippen molar-refractivity contribution < 1.29 is 19.3 Å². The van der Waals surface area contributed by atoms with Crippen LogP contribution in [0.1, 0.15) is 146 Å². The Hall–Kier alpha value is -1.14. The van der Waals surface area contributed by atoms with Crippen molar-refractivity contribution in [3.63, 3.8) is 0 Å². The van der Waals surface area contributed by atoms with Crippen molar-refractivity contribution in [1.29, 1.82) is 0 Å². The topological polar surface area (TPSA) is 59.1 Å². The average Bonchev–Trinajstić information content (AvgIpc) is 2.68. The third kappa shape index (κ3) is 8.72. The molecule has 0 atom stereocenters. The van der Waals surface area contributed by atoms with E-state index in [1.807, 2.05) is 10.1 Å². The number of hydrogen-bond acceptors (Lipinski definition) is 6. The summed E-state index contributed by atoms with van der Waals surface area (Å²) in [7, 11) is 0. The monoisotopic (exact) mass is 508 g/mol. The van der Waals surface area contributed by atoms with Gasteiger partial charge in [-0.2, -0.15) is 0 Å². The Morgan fingerprint density at radius 3 is 1.08 bits per heavy atom. The first-order valence-corrected chi connectivity index (χ1v) is 14.5. The molecule has 0 aliphatic carbocycles. The van der Waals surface area contributed by atoms with E-state index in [1.165, 1.54) is 0 Å². The molecule has 0 radical (unpaired) electrons. The van der Waals surface area contributed by atoms with E-state index in [-0.39, 0.29) is 34.1 Å². The van der Waals surface area contributed by atoms with Gasteiger partial charge < -0.3 is 9.68 Å². The number of piperidine rings is 2. The van der Waals surface area contributed by atoms with Crippen molar-refractivity contribution in [2.45, 2.75) is 168 Å². The van der Waals surface area contributed by atoms with E-state index >= 15 is 0 Å². The highest BCUT2D eigenvalue weighted by molar-refractivity contribution is 5.69. The van der Waals surface area contributed by atoms with Crippen LogP contribution in [0.3, 0.4) is 0 Å². The molecule has 2 rings (SSSR count). The van der Waals surface area contributed by atoms with Crippen molar-refractivity contribution in [3.8, 4) is 0 Å². The van der Waals surface area contributed by atoms with Gasteiger partial charge in [0.25, 0.3) is 0 Å². The fraction of sp³-hybridized carbons (Fsp3) is 0.933. The number of unbranched alkanes of at least 4 members (excludes halogenated alkanes) is 5. The Balaban J connectivity index is 1.60. The van der Waals surface area contributed by atoms with E-state index in [1.54, 1.807) is 0 Å². The Labute approximate surface area is 221 Å². The Morgan fingerprint density at radius 2 is 0.806 bits per heavy atom. The first-order chi connectivity index (χ1) is 16.5. The molecule has 2 aliphatic rings. The zero-order valence-electron chi connectivity index (χ0n) is 25.2. The summed E-state index contributed by atoms with van der Waals surface area (Å²) in [6.45, 7) is 21.9. The average molecular weight is 509 g/mol. The van der Waals surface area contributed by atoms with Gasteiger partial charge in [-0.05, 0) is 106 Å². The molecule has 0 aromatic rings. The van der Waals surface area contributed by atoms with Gasteiger partial charge >= 0.3 is 11.9 Å². The summed E-state index contributed by atoms with van der Waals surface area (Å²) in [6, 6.07) is 0. The van der Waals surface area contributed by atoms with Crippen LogP contribution in [-0.4, -0.2) is 44.2 Å². The second-order valence-electron chi connectivity index (χ2n) is 14.4. The lowest BCUT2D eigenvalue weighted by Crippen LogP contribution is -2.60. The van der Waals surface area contributed by atoms with Gasteiger partial charge in [0.15, 0.2) is 0 Å². The maximum atomic E-state index is 12.5. The lowest BCUT2D eigenvalue weighted by atomic mass is 9.76. The summed E-state index contributed by atoms with van der Waals surface area (Å²) in [6.07, 6.45) is 10.9. The number of rotatable bonds is 11. The minimum Gasteiger partial charge on any atom is -0.367 e. The largest absolute Gasteiger partial charge is 0.367 e. The van der Waals surface area contributed by atoms with Crippen LogP contribution in [0.4, 0.5) is 0 Å². The lowest BCUT2D eigenvalue weighted by Gasteiger charge is -2.52. The highest BCUT2D eigenvalue weighted by Gasteiger charge is 2.48. The molecule has 0 aromatic heterocycles. The third-order valence-corrected chi connectivity index (χ3v) is 7.99. The highest BCUT2D eigenvalue weighted by Crippen LogP contribution is 2.42. The SMILES string of the molecule is CC1CC(C)(C)N(OC(=O)CCCCCCCCC(=O)ON2C(C)(C)CC(C)CC2(C)C)C(C)(C)C1. The van der Waals surface area contributed by atoms with Crippen LogP contribution >= 0.6 is 0 Å². The van der Waals surface area contributed by atoms with Crippen LogP contribution in [0.15, 0.2) is 0 Å². The van der Waals surface area contributed by atoms with Crippen molar-refractivity contribution in [3.05, 3.63) is 0 Å². The lowest BCUT2D eigenvalue weighted by molar-refractivity contribution is -0.271. The number of carbonyl (C=O) groups is 2. The molecule has 0 bridgehead atoms. The molecular weight excluding hydrogens is 452 g/mol. The number of hydrogen-bond donors (Lipinski definition) is 0. The minimum absolute atomic E-state index is 0.119. The van der Waals surface area contributed by atoms with Gasteiger partial charge in [0, 0.05) is 12.8 Å². The number of nitrogens with zero attached hydrogens (tertiary/aromatic N) is 2. The predicted octanol–water partition coefficient (Wildman–Crippen LogP) is 7.60. The van der Waals surface area contributed by atoms with E-state index < -0.39 is 0 Å². The van der Waals surface area contributed by atoms with Gasteiger partial charge in [-0.1, -0.05) is 39.5 Å². The molecule has 2 saturated heterocycles. The van der Waals surface area contributed by atoms with E-state index in [0.29, 0.717) is 24.7 Å². The highest BCUT2D eigenvalue weighted by atomic mass is 16.7. The summed E-state index contributed by atoms with van der Waals surface area (Å²) in [4.78, 5) is 36.8. The van der Waals surface area contributed by atoms with Crippen LogP contribution < -0.4 is 0 Å². The second kappa shape index (κ2) is 12.1. The first-order valence-electron chi connectivity index (χ1n) is 14.5. The van der Waals surface area contributed by atoms with Crippen LogP contribution in [0, 0.1) is 11.8 Å². The van der Waals surface area contributed by atoms with Gasteiger partial charge in [-0.15, -0.1) is 10.1 Å². The minimum atomic E-state index is -0.143. The molecule has 0 saturated carbocycles. The number of carbonyl (C=O) groups excluding carboxylic acids is 2. The second-order valence-corrected chi connectivity index (χ2v) is 14.4. The standard InChI is InChI=1S/C30H56N2O4/c1-23-19-27(3,4)31(28(5,6)20-23)35-25(33)17-15-13-11-12-14-16-18-26(34)36-32-29(7,8)21-24(2)22-30(32,9)10/h23-24H,11-22H2,1-10H3. The molecule has 2 fully saturated rings. The number of hydroxylamine groups is 4. The van der Waals surface area contributed by atoms with Crippen molar-refractivity contribution >= 4 is 11.9 Å². The van der Waals surface area contributed by atoms with Crippen molar-refractivity contribution in [2.75, 3.05) is 0 Å². The van der Waals surface area contributed by atoms with E-state index in [0.717, 1.165) is 64.2 Å². The molecule has 6 heteroatoms. The Bertz CT molecular complexity index is 645. The Kier molecular flexibility index (Phi) is 10.5. The van der Waals surface area contributed by atoms with Gasteiger partial charge in [-0.25, -0.2) is 0 Å². The van der Waals surface area contributed by atoms with Crippen LogP contribution in [0.25, 0.3) is 0 Å². The molecule has 0 N–H and O–H groups in total. The fourth-order valence-electron chi connectivity index (χ4n) is 7.56. The molecule has 0 amide bonds. The quantitative estimate of drug-likeness (QED) is 0.268. The van der Waals surface area contributed by atoms with Gasteiger partial charge in [-0.3, -0.25) is 9.59 Å². The van der Waals surface area contributed by atoms with Crippen molar-refractivity contribution in [1.82, 2.24) is 10.1 Å². The smallest absolute Gasteiger partial charge is 0.325 e. The Morgan fingerprint density at radius 1 is 0.556 bits per heavy atom. The zero-order chi connectivity index (χ0) is 27.4. The molecule has 2 heterocycles. The molecule has 6 nitrogen and oxygen atoms in total. The van der Waals surface area contributed by atoms with Crippen LogP contribution in [0.5, 0.6) is 0 Å². The maximum Gasteiger partial charge on any atom is 0.325 e. The van der Waals surface area contributed by atoms with E-state index in [9.17, 15) is 9.59 Å². The molecule has 210 valence electrons. The zero-order valence-corrected chi connectivity index (χ0v) is 25.2. The normalized spacial score (nSPS) is 24.4. The molecular formula is C30H56N2O4. The van der Waals surface area contributed by atoms with E-state index in [2.05, 4.69) is 69.2 Å². The maximum absolute atomic E-state index is 12.5. The summed E-state index contributed by atoms with van der Waals surface area (Å²) in [5, 5.41) is 3.91. The molecule has 36 heavy (non-hydrogen) atoms. The summed E-state index contributed by atoms with van der Waals surface area (Å²) < 4.78 is 0.